The Morgan fingerprint density at radius 3 is 2.62 bits per heavy atom. The lowest BCUT2D eigenvalue weighted by atomic mass is 9.94. The fraction of sp³-hybridized carbons (Fsp3) is 0.381. The second kappa shape index (κ2) is 7.28. The minimum absolute atomic E-state index is 0.0181. The summed E-state index contributed by atoms with van der Waals surface area (Å²) in [5.74, 6) is 2.53. The Morgan fingerprint density at radius 1 is 1.08 bits per heavy atom. The van der Waals surface area contributed by atoms with Crippen LogP contribution in [0.5, 0.6) is 17.2 Å². The molecule has 26 heavy (non-hydrogen) atoms. The summed E-state index contributed by atoms with van der Waals surface area (Å²) in [5.41, 5.74) is 1.12. The number of likely N-dealkylation sites (tertiary alicyclic amines) is 1. The van der Waals surface area contributed by atoms with Gasteiger partial charge >= 0.3 is 0 Å². The monoisotopic (exact) mass is 353 g/mol. The molecule has 0 aliphatic carbocycles. The predicted molar refractivity (Wildman–Crippen MR) is 97.7 cm³/mol. The number of methoxy groups -OCH3 is 1. The Bertz CT molecular complexity index is 785. The fourth-order valence-corrected chi connectivity index (χ4v) is 3.55. The molecular formula is C21H23NO4. The van der Waals surface area contributed by atoms with Gasteiger partial charge in [-0.1, -0.05) is 30.3 Å². The molecule has 0 spiro atoms. The topological polar surface area (TPSA) is 48.0 Å². The van der Waals surface area contributed by atoms with Gasteiger partial charge in [0.25, 0.3) is 0 Å². The highest BCUT2D eigenvalue weighted by molar-refractivity contribution is 5.80. The van der Waals surface area contributed by atoms with Crippen molar-refractivity contribution in [3.63, 3.8) is 0 Å². The van der Waals surface area contributed by atoms with Crippen LogP contribution in [0, 0.1) is 5.92 Å². The molecule has 5 heteroatoms. The van der Waals surface area contributed by atoms with E-state index in [1.165, 1.54) is 0 Å². The Kier molecular flexibility index (Phi) is 4.69. The third-order valence-corrected chi connectivity index (χ3v) is 5.03. The van der Waals surface area contributed by atoms with Gasteiger partial charge in [0.2, 0.25) is 5.91 Å². The number of carbonyl (C=O) groups is 1. The summed E-state index contributed by atoms with van der Waals surface area (Å²) in [4.78, 5) is 14.7. The standard InChI is InChI=1S/C21H23NO4/c1-24-19-8-4-5-9-20(19)26-17-13-22(14-17)21(23)16-10-11-25-18-7-3-2-6-15(18)12-16/h2-9,16-17H,10-14H2,1H3/t16-/m1/s1. The fourth-order valence-electron chi connectivity index (χ4n) is 3.55. The van der Waals surface area contributed by atoms with Crippen molar-refractivity contribution >= 4 is 5.91 Å². The largest absolute Gasteiger partial charge is 0.493 e. The molecule has 0 N–H and O–H groups in total. The maximum atomic E-state index is 12.9. The van der Waals surface area contributed by atoms with Crippen molar-refractivity contribution in [2.45, 2.75) is 18.9 Å². The zero-order valence-electron chi connectivity index (χ0n) is 14.9. The number of hydrogen-bond acceptors (Lipinski definition) is 4. The summed E-state index contributed by atoms with van der Waals surface area (Å²) in [5, 5.41) is 0. The molecule has 136 valence electrons. The summed E-state index contributed by atoms with van der Waals surface area (Å²) >= 11 is 0. The van der Waals surface area contributed by atoms with E-state index in [0.29, 0.717) is 19.7 Å². The van der Waals surface area contributed by atoms with Crippen LogP contribution in [0.2, 0.25) is 0 Å². The molecule has 1 atom stereocenters. The molecule has 0 unspecified atom stereocenters. The molecule has 5 nitrogen and oxygen atoms in total. The maximum absolute atomic E-state index is 12.9. The lowest BCUT2D eigenvalue weighted by Gasteiger charge is -2.40. The van der Waals surface area contributed by atoms with Crippen LogP contribution in [-0.4, -0.2) is 43.7 Å². The Morgan fingerprint density at radius 2 is 1.81 bits per heavy atom. The van der Waals surface area contributed by atoms with Crippen molar-refractivity contribution in [2.24, 2.45) is 5.92 Å². The molecule has 4 rings (SSSR count). The van der Waals surface area contributed by atoms with Crippen LogP contribution in [0.3, 0.4) is 0 Å². The van der Waals surface area contributed by atoms with Gasteiger partial charge in [-0.3, -0.25) is 4.79 Å². The van der Waals surface area contributed by atoms with Gasteiger partial charge in [0.1, 0.15) is 11.9 Å². The van der Waals surface area contributed by atoms with Crippen molar-refractivity contribution < 1.29 is 19.0 Å². The maximum Gasteiger partial charge on any atom is 0.226 e. The Labute approximate surface area is 153 Å². The van der Waals surface area contributed by atoms with E-state index in [4.69, 9.17) is 14.2 Å². The number of para-hydroxylation sites is 3. The molecule has 2 heterocycles. The number of amides is 1. The van der Waals surface area contributed by atoms with Crippen molar-refractivity contribution in [3.8, 4) is 17.2 Å². The van der Waals surface area contributed by atoms with Crippen LogP contribution >= 0.6 is 0 Å². The molecule has 2 aromatic rings. The van der Waals surface area contributed by atoms with Crippen LogP contribution < -0.4 is 14.2 Å². The first-order chi connectivity index (χ1) is 12.7. The third kappa shape index (κ3) is 3.34. The van der Waals surface area contributed by atoms with E-state index < -0.39 is 0 Å². The van der Waals surface area contributed by atoms with E-state index in [2.05, 4.69) is 0 Å². The van der Waals surface area contributed by atoms with Crippen molar-refractivity contribution in [3.05, 3.63) is 54.1 Å². The lowest BCUT2D eigenvalue weighted by Crippen LogP contribution is -2.57. The van der Waals surface area contributed by atoms with E-state index in [1.54, 1.807) is 7.11 Å². The second-order valence-corrected chi connectivity index (χ2v) is 6.78. The molecule has 0 radical (unpaired) electrons. The second-order valence-electron chi connectivity index (χ2n) is 6.78. The van der Waals surface area contributed by atoms with Gasteiger partial charge in [-0.05, 0) is 36.6 Å². The Hall–Kier alpha value is -2.69. The van der Waals surface area contributed by atoms with E-state index in [-0.39, 0.29) is 17.9 Å². The van der Waals surface area contributed by atoms with Crippen LogP contribution in [-0.2, 0) is 11.2 Å². The SMILES string of the molecule is COc1ccccc1OC1CN(C(=O)[C@@H]2CCOc3ccccc3C2)C1. The number of nitrogens with zero attached hydrogens (tertiary/aromatic N) is 1. The average molecular weight is 353 g/mol. The minimum atomic E-state index is -0.0224. The number of hydrogen-bond donors (Lipinski definition) is 0. The number of rotatable bonds is 4. The first-order valence-electron chi connectivity index (χ1n) is 9.04. The van der Waals surface area contributed by atoms with Crippen LogP contribution in [0.4, 0.5) is 0 Å². The zero-order valence-corrected chi connectivity index (χ0v) is 14.9. The van der Waals surface area contributed by atoms with E-state index in [0.717, 1.165) is 35.7 Å². The summed E-state index contributed by atoms with van der Waals surface area (Å²) in [6.45, 7) is 1.83. The van der Waals surface area contributed by atoms with E-state index >= 15 is 0 Å². The van der Waals surface area contributed by atoms with Crippen LogP contribution in [0.15, 0.2) is 48.5 Å². The van der Waals surface area contributed by atoms with E-state index in [1.807, 2.05) is 53.4 Å². The molecule has 0 aromatic heterocycles. The molecule has 0 saturated carbocycles. The van der Waals surface area contributed by atoms with Gasteiger partial charge < -0.3 is 19.1 Å². The highest BCUT2D eigenvalue weighted by Gasteiger charge is 2.36. The highest BCUT2D eigenvalue weighted by atomic mass is 16.5. The number of benzene rings is 2. The van der Waals surface area contributed by atoms with Gasteiger partial charge in [0.05, 0.1) is 26.8 Å². The van der Waals surface area contributed by atoms with Crippen molar-refractivity contribution in [2.75, 3.05) is 26.8 Å². The van der Waals surface area contributed by atoms with Gasteiger partial charge in [-0.25, -0.2) is 0 Å². The van der Waals surface area contributed by atoms with Crippen LogP contribution in [0.25, 0.3) is 0 Å². The normalized spacial score (nSPS) is 19.6. The van der Waals surface area contributed by atoms with Crippen molar-refractivity contribution in [1.29, 1.82) is 0 Å². The van der Waals surface area contributed by atoms with Gasteiger partial charge in [-0.15, -0.1) is 0 Å². The molecular weight excluding hydrogens is 330 g/mol. The molecule has 0 bridgehead atoms. The zero-order chi connectivity index (χ0) is 17.9. The Balaban J connectivity index is 1.35. The molecule has 2 aromatic carbocycles. The molecule has 2 aliphatic heterocycles. The number of fused-ring (bicyclic) bond motifs is 1. The third-order valence-electron chi connectivity index (χ3n) is 5.03. The highest BCUT2D eigenvalue weighted by Crippen LogP contribution is 2.31. The quantitative estimate of drug-likeness (QED) is 0.848. The van der Waals surface area contributed by atoms with Crippen LogP contribution in [0.1, 0.15) is 12.0 Å². The average Bonchev–Trinajstić information content (AvgIpc) is 2.86. The summed E-state index contributed by atoms with van der Waals surface area (Å²) in [6, 6.07) is 15.6. The van der Waals surface area contributed by atoms with Crippen molar-refractivity contribution in [1.82, 2.24) is 4.90 Å². The summed E-state index contributed by atoms with van der Waals surface area (Å²) < 4.78 is 17.1. The van der Waals surface area contributed by atoms with Gasteiger partial charge in [0.15, 0.2) is 11.5 Å². The minimum Gasteiger partial charge on any atom is -0.493 e. The molecule has 1 fully saturated rings. The lowest BCUT2D eigenvalue weighted by molar-refractivity contribution is -0.144. The first kappa shape index (κ1) is 16.8. The number of carbonyl (C=O) groups excluding carboxylic acids is 1. The smallest absolute Gasteiger partial charge is 0.226 e. The van der Waals surface area contributed by atoms with E-state index in [9.17, 15) is 4.79 Å². The number of ether oxygens (including phenoxy) is 3. The summed E-state index contributed by atoms with van der Waals surface area (Å²) in [7, 11) is 1.63. The first-order valence-corrected chi connectivity index (χ1v) is 9.04. The molecule has 2 aliphatic rings. The predicted octanol–water partition coefficient (Wildman–Crippen LogP) is 2.93. The van der Waals surface area contributed by atoms with Gasteiger partial charge in [0, 0.05) is 5.92 Å². The summed E-state index contributed by atoms with van der Waals surface area (Å²) in [6.07, 6.45) is 1.51. The molecule has 1 amide bonds. The van der Waals surface area contributed by atoms with Gasteiger partial charge in [-0.2, -0.15) is 0 Å². The molecule has 1 saturated heterocycles.